The topological polar surface area (TPSA) is 60.0 Å². The number of hydrogen-bond acceptors (Lipinski definition) is 5. The van der Waals surface area contributed by atoms with Crippen LogP contribution in [0, 0.1) is 5.92 Å². The zero-order valence-electron chi connectivity index (χ0n) is 24.3. The minimum atomic E-state index is 0.0463. The highest BCUT2D eigenvalue weighted by atomic mass is 16.2. The van der Waals surface area contributed by atoms with Crippen LogP contribution in [0.4, 0.5) is 11.5 Å². The van der Waals surface area contributed by atoms with Gasteiger partial charge in [0.1, 0.15) is 5.82 Å². The van der Waals surface area contributed by atoms with Crippen LogP contribution in [-0.2, 0) is 11.2 Å². The van der Waals surface area contributed by atoms with Gasteiger partial charge in [-0.3, -0.25) is 9.59 Å². The highest BCUT2D eigenvalue weighted by Crippen LogP contribution is 2.38. The van der Waals surface area contributed by atoms with Gasteiger partial charge in [0.25, 0.3) is 5.91 Å². The monoisotopic (exact) mass is 519 g/mol. The van der Waals surface area contributed by atoms with E-state index in [0.717, 1.165) is 55.7 Å². The summed E-state index contributed by atoms with van der Waals surface area (Å²) in [7, 11) is 5.95. The molecule has 2 aromatic rings. The Labute approximate surface area is 228 Å². The maximum atomic E-state index is 13.6. The number of carbonyl (C=O) groups excluding carboxylic acids is 2. The zero-order chi connectivity index (χ0) is 27.6. The van der Waals surface area contributed by atoms with E-state index in [1.54, 1.807) is 0 Å². The fraction of sp³-hybridized carbons (Fsp3) is 0.581. The van der Waals surface area contributed by atoms with Crippen LogP contribution in [0.25, 0.3) is 0 Å². The van der Waals surface area contributed by atoms with Crippen LogP contribution >= 0.6 is 0 Å². The summed E-state index contributed by atoms with van der Waals surface area (Å²) in [4.78, 5) is 39.6. The van der Waals surface area contributed by atoms with Gasteiger partial charge in [0.2, 0.25) is 5.91 Å². The SMILES string of the molecule is CC(C)CC(=O)N(C(C)C)[C@@H]1CCc2ccc(C(=O)N(C)C3CCN(c4ccnc(N(C)C)c4)CC3)cc21. The van der Waals surface area contributed by atoms with Crippen LogP contribution < -0.4 is 9.80 Å². The lowest BCUT2D eigenvalue weighted by atomic mass is 9.99. The number of benzene rings is 1. The summed E-state index contributed by atoms with van der Waals surface area (Å²) >= 11 is 0. The summed E-state index contributed by atoms with van der Waals surface area (Å²) in [6.45, 7) is 10.2. The van der Waals surface area contributed by atoms with Gasteiger partial charge < -0.3 is 19.6 Å². The molecule has 1 aliphatic heterocycles. The van der Waals surface area contributed by atoms with Crippen molar-refractivity contribution in [1.29, 1.82) is 0 Å². The number of piperidine rings is 1. The third-order valence-corrected chi connectivity index (χ3v) is 8.09. The molecule has 1 aromatic heterocycles. The minimum absolute atomic E-state index is 0.0463. The molecule has 1 saturated heterocycles. The fourth-order valence-electron chi connectivity index (χ4n) is 6.01. The number of hydrogen-bond donors (Lipinski definition) is 0. The predicted molar refractivity (Wildman–Crippen MR) is 155 cm³/mol. The molecule has 206 valence electrons. The smallest absolute Gasteiger partial charge is 0.253 e. The summed E-state index contributed by atoms with van der Waals surface area (Å²) < 4.78 is 0. The Morgan fingerprint density at radius 2 is 1.71 bits per heavy atom. The summed E-state index contributed by atoms with van der Waals surface area (Å²) in [5.41, 5.74) is 4.33. The third-order valence-electron chi connectivity index (χ3n) is 8.09. The van der Waals surface area contributed by atoms with Gasteiger partial charge in [-0.1, -0.05) is 19.9 Å². The van der Waals surface area contributed by atoms with Gasteiger partial charge in [-0.2, -0.15) is 0 Å². The Balaban J connectivity index is 1.45. The van der Waals surface area contributed by atoms with Crippen molar-refractivity contribution in [2.75, 3.05) is 44.0 Å². The first-order valence-electron chi connectivity index (χ1n) is 14.2. The number of carbonyl (C=O) groups is 2. The molecule has 0 spiro atoms. The Morgan fingerprint density at radius 3 is 2.34 bits per heavy atom. The number of fused-ring (bicyclic) bond motifs is 1. The normalized spacial score (nSPS) is 17.6. The molecule has 7 heteroatoms. The van der Waals surface area contributed by atoms with Crippen LogP contribution in [0.3, 0.4) is 0 Å². The average molecular weight is 520 g/mol. The standard InChI is InChI=1S/C31H45N5O2/c1-21(2)18-30(37)36(22(3)4)28-11-10-23-8-9-24(19-27(23)28)31(38)34(7)25-13-16-35(17-14-25)26-12-15-32-29(20-26)33(5)6/h8-9,12,15,19-22,25,28H,10-11,13-14,16-18H2,1-7H3/t28-/m1/s1. The molecule has 1 aromatic carbocycles. The van der Waals surface area contributed by atoms with E-state index in [9.17, 15) is 9.59 Å². The number of pyridine rings is 1. The van der Waals surface area contributed by atoms with Gasteiger partial charge >= 0.3 is 0 Å². The number of amides is 2. The molecule has 2 amide bonds. The first kappa shape index (κ1) is 27.9. The molecular weight excluding hydrogens is 474 g/mol. The molecule has 0 radical (unpaired) electrons. The van der Waals surface area contributed by atoms with E-state index in [1.807, 2.05) is 43.2 Å². The molecular formula is C31H45N5O2. The van der Waals surface area contributed by atoms with Crippen LogP contribution in [0.2, 0.25) is 0 Å². The lowest BCUT2D eigenvalue weighted by molar-refractivity contribution is -0.136. The highest BCUT2D eigenvalue weighted by molar-refractivity contribution is 5.94. The third kappa shape index (κ3) is 5.97. The van der Waals surface area contributed by atoms with E-state index < -0.39 is 0 Å². The maximum Gasteiger partial charge on any atom is 0.253 e. The number of anilines is 2. The van der Waals surface area contributed by atoms with Crippen molar-refractivity contribution < 1.29 is 9.59 Å². The second-order valence-electron chi connectivity index (χ2n) is 11.9. The van der Waals surface area contributed by atoms with Crippen LogP contribution in [0.1, 0.15) is 80.9 Å². The predicted octanol–water partition coefficient (Wildman–Crippen LogP) is 5.16. The Kier molecular flexibility index (Phi) is 8.64. The quantitative estimate of drug-likeness (QED) is 0.482. The van der Waals surface area contributed by atoms with Crippen molar-refractivity contribution in [2.45, 2.75) is 77.9 Å². The molecule has 38 heavy (non-hydrogen) atoms. The van der Waals surface area contributed by atoms with Crippen molar-refractivity contribution >= 4 is 23.3 Å². The summed E-state index contributed by atoms with van der Waals surface area (Å²) in [6, 6.07) is 10.7. The van der Waals surface area contributed by atoms with Gasteiger partial charge in [-0.15, -0.1) is 0 Å². The van der Waals surface area contributed by atoms with Crippen LogP contribution in [0.15, 0.2) is 36.5 Å². The number of rotatable bonds is 8. The van der Waals surface area contributed by atoms with Gasteiger partial charge in [-0.05, 0) is 74.8 Å². The molecule has 2 heterocycles. The van der Waals surface area contributed by atoms with Crippen molar-refractivity contribution in [2.24, 2.45) is 5.92 Å². The van der Waals surface area contributed by atoms with E-state index in [1.165, 1.54) is 11.3 Å². The average Bonchev–Trinajstić information content (AvgIpc) is 3.30. The molecule has 0 bridgehead atoms. The van der Waals surface area contributed by atoms with E-state index in [4.69, 9.17) is 0 Å². The largest absolute Gasteiger partial charge is 0.371 e. The van der Waals surface area contributed by atoms with E-state index in [0.29, 0.717) is 12.3 Å². The lowest BCUT2D eigenvalue weighted by Crippen LogP contribution is -2.45. The first-order valence-corrected chi connectivity index (χ1v) is 14.2. The Hall–Kier alpha value is -3.09. The van der Waals surface area contributed by atoms with E-state index in [2.05, 4.69) is 66.7 Å². The van der Waals surface area contributed by atoms with Gasteiger partial charge in [-0.25, -0.2) is 4.98 Å². The Bertz CT molecular complexity index is 1140. The first-order chi connectivity index (χ1) is 18.1. The van der Waals surface area contributed by atoms with Crippen LogP contribution in [-0.4, -0.2) is 72.9 Å². The summed E-state index contributed by atoms with van der Waals surface area (Å²) in [6.07, 6.45) is 6.16. The van der Waals surface area contributed by atoms with Gasteiger partial charge in [0.15, 0.2) is 0 Å². The van der Waals surface area contributed by atoms with Crippen molar-refractivity contribution in [3.8, 4) is 0 Å². The molecule has 1 fully saturated rings. The molecule has 0 unspecified atom stereocenters. The number of aromatic nitrogens is 1. The second kappa shape index (κ2) is 11.7. The minimum Gasteiger partial charge on any atom is -0.371 e. The molecule has 1 atom stereocenters. The molecule has 4 rings (SSSR count). The zero-order valence-corrected chi connectivity index (χ0v) is 24.3. The Morgan fingerprint density at radius 1 is 1.00 bits per heavy atom. The summed E-state index contributed by atoms with van der Waals surface area (Å²) in [5.74, 6) is 1.56. The number of aryl methyl sites for hydroxylation is 1. The van der Waals surface area contributed by atoms with Crippen molar-refractivity contribution in [1.82, 2.24) is 14.8 Å². The van der Waals surface area contributed by atoms with E-state index in [-0.39, 0.29) is 29.9 Å². The van der Waals surface area contributed by atoms with Crippen molar-refractivity contribution in [3.63, 3.8) is 0 Å². The molecule has 1 aliphatic carbocycles. The molecule has 7 nitrogen and oxygen atoms in total. The molecule has 0 saturated carbocycles. The second-order valence-corrected chi connectivity index (χ2v) is 11.9. The molecule has 2 aliphatic rings. The number of nitrogens with zero attached hydrogens (tertiary/aromatic N) is 5. The van der Waals surface area contributed by atoms with Crippen LogP contribution in [0.5, 0.6) is 0 Å². The van der Waals surface area contributed by atoms with E-state index >= 15 is 0 Å². The molecule has 0 N–H and O–H groups in total. The lowest BCUT2D eigenvalue weighted by Gasteiger charge is -2.38. The van der Waals surface area contributed by atoms with Crippen molar-refractivity contribution in [3.05, 3.63) is 53.2 Å². The fourth-order valence-corrected chi connectivity index (χ4v) is 6.01. The summed E-state index contributed by atoms with van der Waals surface area (Å²) in [5, 5.41) is 0. The van der Waals surface area contributed by atoms with Gasteiger partial charge in [0.05, 0.1) is 6.04 Å². The van der Waals surface area contributed by atoms with Gasteiger partial charge in [0, 0.05) is 76.3 Å². The highest BCUT2D eigenvalue weighted by Gasteiger charge is 2.34. The maximum absolute atomic E-state index is 13.6.